The van der Waals surface area contributed by atoms with Gasteiger partial charge in [-0.2, -0.15) is 0 Å². The molecular weight excluding hydrogens is 264 g/mol. The third kappa shape index (κ3) is 3.59. The molecule has 112 valence electrons. The standard InChI is InChI=1S/C14H21F2N3O/c1-4-9(3)8-19(5-2)13-11(15)6-10(7-12(13)16)14(17)18-20/h6-7,9,20H,4-5,8H2,1-3H3,(H2,17,18). The Hall–Kier alpha value is -1.85. The molecule has 0 aliphatic rings. The molecule has 0 saturated carbocycles. The molecule has 0 saturated heterocycles. The number of benzene rings is 1. The zero-order valence-electron chi connectivity index (χ0n) is 12.0. The molecule has 0 heterocycles. The molecule has 0 aliphatic heterocycles. The van der Waals surface area contributed by atoms with Crippen molar-refractivity contribution in [3.63, 3.8) is 0 Å². The average molecular weight is 285 g/mol. The first-order chi connectivity index (χ1) is 9.44. The molecule has 0 fully saturated rings. The lowest BCUT2D eigenvalue weighted by Gasteiger charge is -2.27. The van der Waals surface area contributed by atoms with E-state index >= 15 is 0 Å². The van der Waals surface area contributed by atoms with E-state index in [1.807, 2.05) is 20.8 Å². The Balaban J connectivity index is 3.17. The van der Waals surface area contributed by atoms with Crippen LogP contribution in [0.25, 0.3) is 0 Å². The zero-order chi connectivity index (χ0) is 15.3. The van der Waals surface area contributed by atoms with Crippen LogP contribution in [0.4, 0.5) is 14.5 Å². The van der Waals surface area contributed by atoms with Gasteiger partial charge in [0.15, 0.2) is 5.84 Å². The minimum atomic E-state index is -0.711. The quantitative estimate of drug-likeness (QED) is 0.365. The van der Waals surface area contributed by atoms with Crippen LogP contribution in [0.2, 0.25) is 0 Å². The molecule has 0 spiro atoms. The molecule has 1 aromatic rings. The SMILES string of the molecule is CCC(C)CN(CC)c1c(F)cc(C(N)=NO)cc1F. The van der Waals surface area contributed by atoms with Gasteiger partial charge in [0.05, 0.1) is 0 Å². The lowest BCUT2D eigenvalue weighted by Crippen LogP contribution is -2.30. The molecule has 0 radical (unpaired) electrons. The number of nitrogens with two attached hydrogens (primary N) is 1. The van der Waals surface area contributed by atoms with Gasteiger partial charge in [0, 0.05) is 18.7 Å². The third-order valence-corrected chi connectivity index (χ3v) is 3.35. The summed E-state index contributed by atoms with van der Waals surface area (Å²) in [7, 11) is 0. The summed E-state index contributed by atoms with van der Waals surface area (Å²) < 4.78 is 28.3. The molecule has 3 N–H and O–H groups in total. The normalized spacial score (nSPS) is 13.3. The van der Waals surface area contributed by atoms with Crippen LogP contribution in [-0.2, 0) is 0 Å². The predicted octanol–water partition coefficient (Wildman–Crippen LogP) is 2.93. The Morgan fingerprint density at radius 1 is 1.35 bits per heavy atom. The summed E-state index contributed by atoms with van der Waals surface area (Å²) in [6.07, 6.45) is 0.932. The molecule has 0 aromatic heterocycles. The van der Waals surface area contributed by atoms with Gasteiger partial charge < -0.3 is 15.8 Å². The molecule has 20 heavy (non-hydrogen) atoms. The maximum atomic E-state index is 14.1. The number of halogens is 2. The maximum absolute atomic E-state index is 14.1. The summed E-state index contributed by atoms with van der Waals surface area (Å²) in [5.74, 6) is -1.41. The van der Waals surface area contributed by atoms with Crippen molar-refractivity contribution < 1.29 is 14.0 Å². The predicted molar refractivity (Wildman–Crippen MR) is 76.2 cm³/mol. The van der Waals surface area contributed by atoms with E-state index in [9.17, 15) is 8.78 Å². The first kappa shape index (κ1) is 16.2. The van der Waals surface area contributed by atoms with Crippen LogP contribution in [0.15, 0.2) is 17.3 Å². The fourth-order valence-electron chi connectivity index (χ4n) is 1.96. The second kappa shape index (κ2) is 7.07. The molecule has 0 aliphatic carbocycles. The molecule has 0 bridgehead atoms. The summed E-state index contributed by atoms with van der Waals surface area (Å²) in [6.45, 7) is 6.99. The molecule has 1 rings (SSSR count). The second-order valence-electron chi connectivity index (χ2n) is 4.83. The second-order valence-corrected chi connectivity index (χ2v) is 4.83. The summed E-state index contributed by atoms with van der Waals surface area (Å²) in [5.41, 5.74) is 5.30. The van der Waals surface area contributed by atoms with E-state index in [1.54, 1.807) is 4.90 Å². The summed E-state index contributed by atoms with van der Waals surface area (Å²) >= 11 is 0. The molecule has 1 aromatic carbocycles. The molecule has 4 nitrogen and oxygen atoms in total. The molecule has 0 amide bonds. The number of amidine groups is 1. The Kier molecular flexibility index (Phi) is 5.73. The van der Waals surface area contributed by atoms with Crippen molar-refractivity contribution in [2.45, 2.75) is 27.2 Å². The Bertz CT molecular complexity index is 468. The minimum Gasteiger partial charge on any atom is -0.409 e. The van der Waals surface area contributed by atoms with Gasteiger partial charge in [-0.1, -0.05) is 25.4 Å². The highest BCUT2D eigenvalue weighted by Crippen LogP contribution is 2.26. The lowest BCUT2D eigenvalue weighted by molar-refractivity contribution is 0.318. The van der Waals surface area contributed by atoms with E-state index in [2.05, 4.69) is 5.16 Å². The summed E-state index contributed by atoms with van der Waals surface area (Å²) in [4.78, 5) is 1.66. The van der Waals surface area contributed by atoms with Crippen LogP contribution in [0.3, 0.4) is 0 Å². The molecule has 1 unspecified atom stereocenters. The van der Waals surface area contributed by atoms with Crippen LogP contribution in [0.5, 0.6) is 0 Å². The minimum absolute atomic E-state index is 0.0193. The number of nitrogens with zero attached hydrogens (tertiary/aromatic N) is 2. The van der Waals surface area contributed by atoms with Crippen molar-refractivity contribution in [2.24, 2.45) is 16.8 Å². The van der Waals surface area contributed by atoms with Crippen molar-refractivity contribution in [1.29, 1.82) is 0 Å². The van der Waals surface area contributed by atoms with E-state index in [-0.39, 0.29) is 17.1 Å². The monoisotopic (exact) mass is 285 g/mol. The van der Waals surface area contributed by atoms with Gasteiger partial charge in [-0.3, -0.25) is 0 Å². The van der Waals surface area contributed by atoms with Gasteiger partial charge in [0.1, 0.15) is 17.3 Å². The van der Waals surface area contributed by atoms with Crippen molar-refractivity contribution in [3.05, 3.63) is 29.3 Å². The average Bonchev–Trinajstić information content (AvgIpc) is 2.43. The van der Waals surface area contributed by atoms with Gasteiger partial charge in [-0.15, -0.1) is 0 Å². The van der Waals surface area contributed by atoms with Gasteiger partial charge in [0.2, 0.25) is 0 Å². The number of hydrogen-bond acceptors (Lipinski definition) is 3. The maximum Gasteiger partial charge on any atom is 0.170 e. The molecule has 1 atom stereocenters. The first-order valence-electron chi connectivity index (χ1n) is 6.66. The summed E-state index contributed by atoms with van der Waals surface area (Å²) in [5, 5.41) is 11.3. The van der Waals surface area contributed by atoms with Crippen LogP contribution in [-0.4, -0.2) is 24.1 Å². The Morgan fingerprint density at radius 3 is 2.30 bits per heavy atom. The largest absolute Gasteiger partial charge is 0.409 e. The highest BCUT2D eigenvalue weighted by molar-refractivity contribution is 5.97. The fourth-order valence-corrected chi connectivity index (χ4v) is 1.96. The van der Waals surface area contributed by atoms with Crippen LogP contribution in [0, 0.1) is 17.6 Å². The lowest BCUT2D eigenvalue weighted by atomic mass is 10.1. The number of oxime groups is 1. The van der Waals surface area contributed by atoms with E-state index in [4.69, 9.17) is 10.9 Å². The van der Waals surface area contributed by atoms with Gasteiger partial charge >= 0.3 is 0 Å². The van der Waals surface area contributed by atoms with Gasteiger partial charge in [0.25, 0.3) is 0 Å². The number of anilines is 1. The van der Waals surface area contributed by atoms with Crippen molar-refractivity contribution in [1.82, 2.24) is 0 Å². The smallest absolute Gasteiger partial charge is 0.170 e. The third-order valence-electron chi connectivity index (χ3n) is 3.35. The highest BCUT2D eigenvalue weighted by atomic mass is 19.1. The first-order valence-corrected chi connectivity index (χ1v) is 6.66. The number of rotatable bonds is 6. The van der Waals surface area contributed by atoms with E-state index in [0.29, 0.717) is 19.0 Å². The van der Waals surface area contributed by atoms with Crippen LogP contribution < -0.4 is 10.6 Å². The van der Waals surface area contributed by atoms with Crippen LogP contribution in [0.1, 0.15) is 32.8 Å². The van der Waals surface area contributed by atoms with Crippen molar-refractivity contribution >= 4 is 11.5 Å². The topological polar surface area (TPSA) is 61.8 Å². The van der Waals surface area contributed by atoms with Gasteiger partial charge in [-0.05, 0) is 25.0 Å². The summed E-state index contributed by atoms with van der Waals surface area (Å²) in [6, 6.07) is 2.15. The number of hydrogen-bond donors (Lipinski definition) is 2. The van der Waals surface area contributed by atoms with E-state index < -0.39 is 11.6 Å². The van der Waals surface area contributed by atoms with Gasteiger partial charge in [-0.25, -0.2) is 8.78 Å². The van der Waals surface area contributed by atoms with Crippen molar-refractivity contribution in [3.8, 4) is 0 Å². The van der Waals surface area contributed by atoms with Crippen molar-refractivity contribution in [2.75, 3.05) is 18.0 Å². The fraction of sp³-hybridized carbons (Fsp3) is 0.500. The Morgan fingerprint density at radius 2 is 1.90 bits per heavy atom. The molecule has 6 heteroatoms. The van der Waals surface area contributed by atoms with E-state index in [1.165, 1.54) is 0 Å². The zero-order valence-corrected chi connectivity index (χ0v) is 12.0. The van der Waals surface area contributed by atoms with E-state index in [0.717, 1.165) is 18.6 Å². The Labute approximate surface area is 117 Å². The highest BCUT2D eigenvalue weighted by Gasteiger charge is 2.19. The molecular formula is C14H21F2N3O. The van der Waals surface area contributed by atoms with Crippen LogP contribution >= 0.6 is 0 Å².